The van der Waals surface area contributed by atoms with Crippen molar-refractivity contribution in [2.45, 2.75) is 52.7 Å². The average Bonchev–Trinajstić information content (AvgIpc) is 2.69. The van der Waals surface area contributed by atoms with Crippen molar-refractivity contribution in [1.29, 1.82) is 0 Å². The summed E-state index contributed by atoms with van der Waals surface area (Å²) in [5.74, 6) is 0. The monoisotopic (exact) mass is 309 g/mol. The largest absolute Gasteiger partial charge is 0.312 e. The van der Waals surface area contributed by atoms with E-state index in [2.05, 4.69) is 49.0 Å². The highest BCUT2D eigenvalue weighted by atomic mass is 32.1. The smallest absolute Gasteiger partial charge is 0.0299 e. The molecule has 21 heavy (non-hydrogen) atoms. The second kappa shape index (κ2) is 8.28. The molecule has 1 aromatic rings. The Hall–Kier alpha value is -0.420. The van der Waals surface area contributed by atoms with Crippen LogP contribution in [0, 0.1) is 6.92 Å². The predicted octanol–water partition coefficient (Wildman–Crippen LogP) is 3.08. The summed E-state index contributed by atoms with van der Waals surface area (Å²) >= 11 is 1.96. The molecule has 0 aliphatic carbocycles. The maximum absolute atomic E-state index is 3.51. The van der Waals surface area contributed by atoms with Crippen molar-refractivity contribution in [2.24, 2.45) is 0 Å². The Bertz CT molecular complexity index is 430. The molecule has 1 N–H and O–H groups in total. The second-order valence-electron chi connectivity index (χ2n) is 6.41. The second-order valence-corrected chi connectivity index (χ2v) is 7.75. The molecule has 0 amide bonds. The average molecular weight is 310 g/mol. The van der Waals surface area contributed by atoms with Crippen LogP contribution in [0.2, 0.25) is 0 Å². The van der Waals surface area contributed by atoms with E-state index in [-0.39, 0.29) is 0 Å². The standard InChI is InChI=1S/C17H31N3S/c1-5-7-18-11-17-10-16(15(3)21-17)13-20-9-6-8-19(4)12-14(20)2/h10,14,18H,5-9,11-13H2,1-4H3. The van der Waals surface area contributed by atoms with Crippen LogP contribution in [-0.4, -0.2) is 49.1 Å². The Morgan fingerprint density at radius 1 is 1.38 bits per heavy atom. The minimum absolute atomic E-state index is 0.651. The third-order valence-corrected chi connectivity index (χ3v) is 5.45. The van der Waals surface area contributed by atoms with E-state index in [0.717, 1.165) is 19.6 Å². The molecule has 0 saturated carbocycles. The number of nitrogens with one attached hydrogen (secondary N) is 1. The first-order valence-corrected chi connectivity index (χ1v) is 9.13. The van der Waals surface area contributed by atoms with Gasteiger partial charge in [0.25, 0.3) is 0 Å². The highest BCUT2D eigenvalue weighted by molar-refractivity contribution is 7.12. The lowest BCUT2D eigenvalue weighted by atomic mass is 10.2. The van der Waals surface area contributed by atoms with E-state index >= 15 is 0 Å². The molecule has 1 aliphatic rings. The molecule has 1 saturated heterocycles. The first-order valence-electron chi connectivity index (χ1n) is 8.31. The van der Waals surface area contributed by atoms with E-state index in [0.29, 0.717) is 6.04 Å². The summed E-state index contributed by atoms with van der Waals surface area (Å²) in [6.45, 7) is 13.8. The predicted molar refractivity (Wildman–Crippen MR) is 93.0 cm³/mol. The van der Waals surface area contributed by atoms with Gasteiger partial charge >= 0.3 is 0 Å². The molecular formula is C17H31N3S. The zero-order chi connectivity index (χ0) is 15.2. The summed E-state index contributed by atoms with van der Waals surface area (Å²) in [4.78, 5) is 8.09. The molecule has 0 aromatic carbocycles. The Labute approximate surface area is 134 Å². The summed E-state index contributed by atoms with van der Waals surface area (Å²) in [7, 11) is 2.24. The van der Waals surface area contributed by atoms with Gasteiger partial charge in [-0.3, -0.25) is 4.90 Å². The lowest BCUT2D eigenvalue weighted by Crippen LogP contribution is -2.37. The quantitative estimate of drug-likeness (QED) is 0.815. The summed E-state index contributed by atoms with van der Waals surface area (Å²) in [5, 5.41) is 3.51. The van der Waals surface area contributed by atoms with Gasteiger partial charge < -0.3 is 10.2 Å². The third-order valence-electron chi connectivity index (χ3n) is 4.36. The van der Waals surface area contributed by atoms with E-state index in [1.54, 1.807) is 0 Å². The van der Waals surface area contributed by atoms with E-state index in [4.69, 9.17) is 0 Å². The number of nitrogens with zero attached hydrogens (tertiary/aromatic N) is 2. The van der Waals surface area contributed by atoms with Gasteiger partial charge in [0, 0.05) is 42.0 Å². The van der Waals surface area contributed by atoms with Gasteiger partial charge in [0.05, 0.1) is 0 Å². The van der Waals surface area contributed by atoms with Crippen LogP contribution in [0.4, 0.5) is 0 Å². The molecule has 1 aromatic heterocycles. The Morgan fingerprint density at radius 3 is 2.95 bits per heavy atom. The molecule has 1 atom stereocenters. The van der Waals surface area contributed by atoms with Crippen molar-refractivity contribution < 1.29 is 0 Å². The zero-order valence-corrected chi connectivity index (χ0v) is 14.9. The van der Waals surface area contributed by atoms with Crippen molar-refractivity contribution in [1.82, 2.24) is 15.1 Å². The number of hydrogen-bond acceptors (Lipinski definition) is 4. The van der Waals surface area contributed by atoms with Gasteiger partial charge in [0.2, 0.25) is 0 Å². The molecular weight excluding hydrogens is 278 g/mol. The Balaban J connectivity index is 1.95. The normalized spacial score (nSPS) is 21.6. The molecule has 1 unspecified atom stereocenters. The SMILES string of the molecule is CCCNCc1cc(CN2CCCN(C)CC2C)c(C)s1. The Morgan fingerprint density at radius 2 is 2.19 bits per heavy atom. The number of likely N-dealkylation sites (N-methyl/N-ethyl adjacent to an activating group) is 1. The molecule has 0 bridgehead atoms. The highest BCUT2D eigenvalue weighted by Crippen LogP contribution is 2.24. The fourth-order valence-corrected chi connectivity index (χ4v) is 4.12. The molecule has 1 fully saturated rings. The molecule has 2 heterocycles. The summed E-state index contributed by atoms with van der Waals surface area (Å²) in [6.07, 6.45) is 2.49. The third kappa shape index (κ3) is 5.06. The van der Waals surface area contributed by atoms with Gasteiger partial charge in [0.15, 0.2) is 0 Å². The molecule has 2 rings (SSSR count). The highest BCUT2D eigenvalue weighted by Gasteiger charge is 2.20. The van der Waals surface area contributed by atoms with Crippen molar-refractivity contribution >= 4 is 11.3 Å². The van der Waals surface area contributed by atoms with E-state index < -0.39 is 0 Å². The Kier molecular flexibility index (Phi) is 6.68. The van der Waals surface area contributed by atoms with Gasteiger partial charge in [-0.15, -0.1) is 11.3 Å². The van der Waals surface area contributed by atoms with E-state index in [1.165, 1.54) is 47.8 Å². The molecule has 3 nitrogen and oxygen atoms in total. The topological polar surface area (TPSA) is 18.5 Å². The summed E-state index contributed by atoms with van der Waals surface area (Å²) < 4.78 is 0. The fourth-order valence-electron chi connectivity index (χ4n) is 3.10. The van der Waals surface area contributed by atoms with Gasteiger partial charge in [-0.2, -0.15) is 0 Å². The van der Waals surface area contributed by atoms with Crippen LogP contribution in [0.5, 0.6) is 0 Å². The van der Waals surface area contributed by atoms with Crippen LogP contribution in [0.15, 0.2) is 6.07 Å². The molecule has 120 valence electrons. The van der Waals surface area contributed by atoms with Gasteiger partial charge in [-0.25, -0.2) is 0 Å². The van der Waals surface area contributed by atoms with Crippen molar-refractivity contribution in [2.75, 3.05) is 33.2 Å². The van der Waals surface area contributed by atoms with Gasteiger partial charge in [0.1, 0.15) is 0 Å². The van der Waals surface area contributed by atoms with Gasteiger partial charge in [-0.1, -0.05) is 6.92 Å². The number of aryl methyl sites for hydroxylation is 1. The molecule has 4 heteroatoms. The minimum Gasteiger partial charge on any atom is -0.312 e. The molecule has 0 radical (unpaired) electrons. The molecule has 1 aliphatic heterocycles. The molecule has 0 spiro atoms. The lowest BCUT2D eigenvalue weighted by molar-refractivity contribution is 0.194. The lowest BCUT2D eigenvalue weighted by Gasteiger charge is -2.27. The van der Waals surface area contributed by atoms with Crippen molar-refractivity contribution in [3.05, 3.63) is 21.4 Å². The van der Waals surface area contributed by atoms with Crippen LogP contribution in [0.3, 0.4) is 0 Å². The first-order chi connectivity index (χ1) is 10.1. The van der Waals surface area contributed by atoms with Crippen LogP contribution in [0.25, 0.3) is 0 Å². The van der Waals surface area contributed by atoms with Crippen LogP contribution in [-0.2, 0) is 13.1 Å². The van der Waals surface area contributed by atoms with Gasteiger partial charge in [-0.05, 0) is 58.5 Å². The zero-order valence-electron chi connectivity index (χ0n) is 14.1. The van der Waals surface area contributed by atoms with Crippen molar-refractivity contribution in [3.63, 3.8) is 0 Å². The number of hydrogen-bond donors (Lipinski definition) is 1. The minimum atomic E-state index is 0.651. The van der Waals surface area contributed by atoms with Crippen molar-refractivity contribution in [3.8, 4) is 0 Å². The van der Waals surface area contributed by atoms with Crippen LogP contribution >= 0.6 is 11.3 Å². The summed E-state index contributed by atoms with van der Waals surface area (Å²) in [5.41, 5.74) is 1.53. The van der Waals surface area contributed by atoms with Crippen LogP contribution < -0.4 is 5.32 Å². The fraction of sp³-hybridized carbons (Fsp3) is 0.765. The van der Waals surface area contributed by atoms with Crippen LogP contribution in [0.1, 0.15) is 42.0 Å². The summed E-state index contributed by atoms with van der Waals surface area (Å²) in [6, 6.07) is 3.07. The van der Waals surface area contributed by atoms with E-state index in [9.17, 15) is 0 Å². The maximum atomic E-state index is 3.51. The number of rotatable bonds is 6. The van der Waals surface area contributed by atoms with E-state index in [1.807, 2.05) is 11.3 Å². The first kappa shape index (κ1) is 16.9. The maximum Gasteiger partial charge on any atom is 0.0299 e. The number of thiophene rings is 1.